The summed E-state index contributed by atoms with van der Waals surface area (Å²) in [5.41, 5.74) is 1.46. The first-order valence-electron chi connectivity index (χ1n) is 11.1. The van der Waals surface area contributed by atoms with Gasteiger partial charge in [-0.15, -0.1) is 11.3 Å². The Hall–Kier alpha value is -2.18. The SMILES string of the molecule is O=C(NCC1(N2CCCCC2)CCCCC1)c1ccc(NC(=O)c2cccs2)cc1. The first-order chi connectivity index (χ1) is 14.7. The zero-order valence-corrected chi connectivity index (χ0v) is 18.3. The molecule has 1 saturated carbocycles. The Bertz CT molecular complexity index is 836. The lowest BCUT2D eigenvalue weighted by atomic mass is 9.79. The molecule has 0 unspecified atom stereocenters. The number of anilines is 1. The molecule has 1 aromatic heterocycles. The molecule has 2 N–H and O–H groups in total. The molecular formula is C24H31N3O2S. The highest BCUT2D eigenvalue weighted by Crippen LogP contribution is 2.35. The average Bonchev–Trinajstić information content (AvgIpc) is 3.34. The van der Waals surface area contributed by atoms with E-state index in [4.69, 9.17) is 0 Å². The number of carbonyl (C=O) groups excluding carboxylic acids is 2. The summed E-state index contributed by atoms with van der Waals surface area (Å²) >= 11 is 1.41. The maximum Gasteiger partial charge on any atom is 0.265 e. The molecule has 1 saturated heterocycles. The summed E-state index contributed by atoms with van der Waals surface area (Å²) in [5.74, 6) is -0.156. The van der Waals surface area contributed by atoms with Crippen LogP contribution in [0.25, 0.3) is 0 Å². The number of rotatable bonds is 6. The van der Waals surface area contributed by atoms with Crippen molar-refractivity contribution in [3.05, 3.63) is 52.2 Å². The lowest BCUT2D eigenvalue weighted by Gasteiger charge is -2.48. The molecule has 1 aliphatic carbocycles. The minimum absolute atomic E-state index is 0.0342. The van der Waals surface area contributed by atoms with Gasteiger partial charge in [0.1, 0.15) is 0 Å². The molecule has 6 heteroatoms. The zero-order chi connectivity index (χ0) is 20.8. The van der Waals surface area contributed by atoms with E-state index in [1.165, 1.54) is 62.7 Å². The van der Waals surface area contributed by atoms with Crippen molar-refractivity contribution in [1.82, 2.24) is 10.2 Å². The third kappa shape index (κ3) is 4.93. The van der Waals surface area contributed by atoms with Gasteiger partial charge in [0, 0.05) is 23.3 Å². The molecule has 0 bridgehead atoms. The molecule has 2 fully saturated rings. The van der Waals surface area contributed by atoms with Crippen LogP contribution in [0.4, 0.5) is 5.69 Å². The monoisotopic (exact) mass is 425 g/mol. The molecule has 0 spiro atoms. The van der Waals surface area contributed by atoms with Crippen molar-refractivity contribution in [1.29, 1.82) is 0 Å². The smallest absolute Gasteiger partial charge is 0.265 e. The Balaban J connectivity index is 1.36. The fraction of sp³-hybridized carbons (Fsp3) is 0.500. The van der Waals surface area contributed by atoms with Gasteiger partial charge in [0.15, 0.2) is 0 Å². The molecule has 2 aromatic rings. The van der Waals surface area contributed by atoms with Crippen molar-refractivity contribution in [2.24, 2.45) is 0 Å². The van der Waals surface area contributed by atoms with Crippen molar-refractivity contribution in [3.63, 3.8) is 0 Å². The quantitative estimate of drug-likeness (QED) is 0.691. The van der Waals surface area contributed by atoms with Crippen LogP contribution in [0.15, 0.2) is 41.8 Å². The Morgan fingerprint density at radius 2 is 1.60 bits per heavy atom. The molecule has 2 heterocycles. The number of benzene rings is 1. The zero-order valence-electron chi connectivity index (χ0n) is 17.5. The predicted molar refractivity (Wildman–Crippen MR) is 122 cm³/mol. The summed E-state index contributed by atoms with van der Waals surface area (Å²) in [5, 5.41) is 7.98. The third-order valence-corrected chi connectivity index (χ3v) is 7.41. The molecule has 1 aromatic carbocycles. The van der Waals surface area contributed by atoms with Crippen LogP contribution in [0, 0.1) is 0 Å². The van der Waals surface area contributed by atoms with Gasteiger partial charge in [-0.25, -0.2) is 0 Å². The van der Waals surface area contributed by atoms with Gasteiger partial charge in [0.2, 0.25) is 0 Å². The molecule has 160 valence electrons. The molecule has 2 aliphatic rings. The fourth-order valence-corrected chi connectivity index (χ4v) is 5.45. The molecule has 5 nitrogen and oxygen atoms in total. The van der Waals surface area contributed by atoms with Crippen molar-refractivity contribution in [2.45, 2.75) is 56.9 Å². The van der Waals surface area contributed by atoms with Crippen molar-refractivity contribution < 1.29 is 9.59 Å². The van der Waals surface area contributed by atoms with Gasteiger partial charge in [-0.05, 0) is 74.5 Å². The van der Waals surface area contributed by atoms with Gasteiger partial charge >= 0.3 is 0 Å². The summed E-state index contributed by atoms with van der Waals surface area (Å²) in [7, 11) is 0. The lowest BCUT2D eigenvalue weighted by molar-refractivity contribution is 0.0326. The molecule has 30 heavy (non-hydrogen) atoms. The van der Waals surface area contributed by atoms with Gasteiger partial charge in [-0.2, -0.15) is 0 Å². The highest BCUT2D eigenvalue weighted by molar-refractivity contribution is 7.12. The van der Waals surface area contributed by atoms with Gasteiger partial charge in [-0.1, -0.05) is 31.7 Å². The summed E-state index contributed by atoms with van der Waals surface area (Å²) < 4.78 is 0. The number of carbonyl (C=O) groups is 2. The Labute approximate surface area is 182 Å². The van der Waals surface area contributed by atoms with E-state index in [9.17, 15) is 9.59 Å². The number of amides is 2. The number of nitrogens with zero attached hydrogens (tertiary/aromatic N) is 1. The van der Waals surface area contributed by atoms with Gasteiger partial charge < -0.3 is 10.6 Å². The van der Waals surface area contributed by atoms with Gasteiger partial charge in [0.05, 0.1) is 4.88 Å². The first kappa shape index (κ1) is 21.1. The summed E-state index contributed by atoms with van der Waals surface area (Å²) in [4.78, 5) is 28.3. The molecule has 0 atom stereocenters. The maximum atomic E-state index is 12.8. The second kappa shape index (κ2) is 9.75. The van der Waals surface area contributed by atoms with Crippen LogP contribution < -0.4 is 10.6 Å². The Morgan fingerprint density at radius 3 is 2.27 bits per heavy atom. The summed E-state index contributed by atoms with van der Waals surface area (Å²) in [6, 6.07) is 10.8. The van der Waals surface area contributed by atoms with Crippen LogP contribution in [-0.4, -0.2) is 41.9 Å². The van der Waals surface area contributed by atoms with Gasteiger partial charge in [0.25, 0.3) is 11.8 Å². The number of likely N-dealkylation sites (tertiary alicyclic amines) is 1. The molecule has 1 aliphatic heterocycles. The van der Waals surface area contributed by atoms with Crippen LogP contribution in [0.1, 0.15) is 71.4 Å². The molecule has 4 rings (SSSR count). The first-order valence-corrected chi connectivity index (χ1v) is 12.0. The average molecular weight is 426 g/mol. The summed E-state index contributed by atoms with van der Waals surface area (Å²) in [6.45, 7) is 3.05. The Morgan fingerprint density at radius 1 is 0.900 bits per heavy atom. The second-order valence-electron chi connectivity index (χ2n) is 8.52. The standard InChI is InChI=1S/C24H31N3O2S/c28-22(19-9-11-20(12-10-19)26-23(29)21-8-7-17-30-21)25-18-24(13-3-1-4-14-24)27-15-5-2-6-16-27/h7-12,17H,1-6,13-16,18H2,(H,25,28)(H,26,29). The maximum absolute atomic E-state index is 12.8. The van der Waals surface area contributed by atoms with E-state index in [0.29, 0.717) is 16.1 Å². The minimum Gasteiger partial charge on any atom is -0.350 e. The van der Waals surface area contributed by atoms with Crippen molar-refractivity contribution >= 4 is 28.8 Å². The normalized spacial score (nSPS) is 19.2. The van der Waals surface area contributed by atoms with E-state index in [1.54, 1.807) is 30.3 Å². The molecule has 2 amide bonds. The predicted octanol–water partition coefficient (Wildman–Crippen LogP) is 4.92. The van der Waals surface area contributed by atoms with E-state index in [2.05, 4.69) is 15.5 Å². The molecule has 0 radical (unpaired) electrons. The highest BCUT2D eigenvalue weighted by atomic mass is 32.1. The number of hydrogen-bond acceptors (Lipinski definition) is 4. The summed E-state index contributed by atoms with van der Waals surface area (Å²) in [6.07, 6.45) is 10.1. The highest BCUT2D eigenvalue weighted by Gasteiger charge is 2.38. The minimum atomic E-state index is -0.122. The fourth-order valence-electron chi connectivity index (χ4n) is 4.84. The third-order valence-electron chi connectivity index (χ3n) is 6.54. The van der Waals surface area contributed by atoms with Gasteiger partial charge in [-0.3, -0.25) is 14.5 Å². The van der Waals surface area contributed by atoms with E-state index in [0.717, 1.165) is 19.6 Å². The van der Waals surface area contributed by atoms with Crippen LogP contribution in [0.5, 0.6) is 0 Å². The number of nitrogens with one attached hydrogen (secondary N) is 2. The van der Waals surface area contributed by atoms with Crippen LogP contribution in [-0.2, 0) is 0 Å². The van der Waals surface area contributed by atoms with E-state index < -0.39 is 0 Å². The topological polar surface area (TPSA) is 61.4 Å². The van der Waals surface area contributed by atoms with E-state index >= 15 is 0 Å². The van der Waals surface area contributed by atoms with E-state index in [1.807, 2.05) is 11.4 Å². The molecular weight excluding hydrogens is 394 g/mol. The van der Waals surface area contributed by atoms with Crippen LogP contribution >= 0.6 is 11.3 Å². The number of thiophene rings is 1. The Kier molecular flexibility index (Phi) is 6.85. The van der Waals surface area contributed by atoms with E-state index in [-0.39, 0.29) is 17.4 Å². The van der Waals surface area contributed by atoms with Crippen LogP contribution in [0.3, 0.4) is 0 Å². The van der Waals surface area contributed by atoms with Crippen molar-refractivity contribution in [3.8, 4) is 0 Å². The number of hydrogen-bond donors (Lipinski definition) is 2. The van der Waals surface area contributed by atoms with Crippen molar-refractivity contribution in [2.75, 3.05) is 25.0 Å². The number of piperidine rings is 1. The second-order valence-corrected chi connectivity index (χ2v) is 9.47. The lowest BCUT2D eigenvalue weighted by Crippen LogP contribution is -2.58. The van der Waals surface area contributed by atoms with Crippen LogP contribution in [0.2, 0.25) is 0 Å². The largest absolute Gasteiger partial charge is 0.350 e.